The van der Waals surface area contributed by atoms with Gasteiger partial charge in [0.25, 0.3) is 0 Å². The Morgan fingerprint density at radius 2 is 2.24 bits per heavy atom. The topological polar surface area (TPSA) is 38.7 Å². The summed E-state index contributed by atoms with van der Waals surface area (Å²) < 4.78 is 24.8. The molecule has 1 saturated carbocycles. The van der Waals surface area contributed by atoms with Crippen molar-refractivity contribution in [3.63, 3.8) is 0 Å². The Labute approximate surface area is 126 Å². The third-order valence-electron chi connectivity index (χ3n) is 4.41. The van der Waals surface area contributed by atoms with Gasteiger partial charge in [-0.25, -0.2) is 4.39 Å². The van der Waals surface area contributed by atoms with Gasteiger partial charge < -0.3 is 14.6 Å². The average Bonchev–Trinajstić information content (AvgIpc) is 2.46. The third kappa shape index (κ3) is 3.38. The molecule has 3 nitrogen and oxygen atoms in total. The van der Waals surface area contributed by atoms with Crippen LogP contribution in [0.5, 0.6) is 5.75 Å². The first-order valence-corrected chi connectivity index (χ1v) is 7.68. The molecule has 0 aliphatic heterocycles. The molecule has 0 bridgehead atoms. The summed E-state index contributed by atoms with van der Waals surface area (Å²) in [6.45, 7) is 4.65. The SMILES string of the molecule is CCOC1(C(O)c2ccc(OC)c(F)c2)CCCC(C)C1. The number of hydrogen-bond acceptors (Lipinski definition) is 3. The Hall–Kier alpha value is -1.13. The normalized spacial score (nSPS) is 27.4. The van der Waals surface area contributed by atoms with Gasteiger partial charge in [-0.1, -0.05) is 25.8 Å². The molecule has 21 heavy (non-hydrogen) atoms. The lowest BCUT2D eigenvalue weighted by atomic mass is 9.74. The maximum absolute atomic E-state index is 13.9. The monoisotopic (exact) mass is 296 g/mol. The van der Waals surface area contributed by atoms with E-state index in [0.717, 1.165) is 25.7 Å². The molecule has 118 valence electrons. The van der Waals surface area contributed by atoms with Crippen LogP contribution in [-0.2, 0) is 4.74 Å². The minimum atomic E-state index is -0.819. The minimum absolute atomic E-state index is 0.188. The number of aliphatic hydroxyl groups excluding tert-OH is 1. The number of aliphatic hydroxyl groups is 1. The van der Waals surface area contributed by atoms with E-state index >= 15 is 0 Å². The van der Waals surface area contributed by atoms with Crippen molar-refractivity contribution in [2.24, 2.45) is 5.92 Å². The molecule has 1 aliphatic carbocycles. The number of methoxy groups -OCH3 is 1. The third-order valence-corrected chi connectivity index (χ3v) is 4.41. The van der Waals surface area contributed by atoms with Crippen molar-refractivity contribution in [3.05, 3.63) is 29.6 Å². The van der Waals surface area contributed by atoms with Gasteiger partial charge in [0.15, 0.2) is 11.6 Å². The number of ether oxygens (including phenoxy) is 2. The summed E-state index contributed by atoms with van der Waals surface area (Å²) in [7, 11) is 1.43. The molecule has 0 heterocycles. The smallest absolute Gasteiger partial charge is 0.165 e. The second kappa shape index (κ2) is 6.75. The first kappa shape index (κ1) is 16.2. The van der Waals surface area contributed by atoms with Gasteiger partial charge in [0.05, 0.1) is 12.7 Å². The molecule has 0 aromatic heterocycles. The summed E-state index contributed by atoms with van der Waals surface area (Å²) in [6.07, 6.45) is 2.96. The fourth-order valence-electron chi connectivity index (χ4n) is 3.45. The molecular weight excluding hydrogens is 271 g/mol. The number of hydrogen-bond donors (Lipinski definition) is 1. The Bertz CT molecular complexity index is 473. The lowest BCUT2D eigenvalue weighted by Gasteiger charge is -2.43. The first-order valence-electron chi connectivity index (χ1n) is 7.68. The summed E-state index contributed by atoms with van der Waals surface area (Å²) in [6, 6.07) is 4.62. The van der Waals surface area contributed by atoms with E-state index < -0.39 is 17.5 Å². The predicted octanol–water partition coefficient (Wildman–Crippen LogP) is 3.85. The highest BCUT2D eigenvalue weighted by Gasteiger charge is 2.42. The molecule has 3 atom stereocenters. The van der Waals surface area contributed by atoms with Crippen molar-refractivity contribution >= 4 is 0 Å². The van der Waals surface area contributed by atoms with Crippen molar-refractivity contribution in [2.45, 2.75) is 51.2 Å². The molecule has 1 aromatic carbocycles. The summed E-state index contributed by atoms with van der Waals surface area (Å²) in [5, 5.41) is 10.8. The van der Waals surface area contributed by atoms with Crippen LogP contribution in [0.2, 0.25) is 0 Å². The summed E-state index contributed by atoms with van der Waals surface area (Å²) in [5.74, 6) is 0.237. The highest BCUT2D eigenvalue weighted by molar-refractivity contribution is 5.31. The zero-order valence-electron chi connectivity index (χ0n) is 13.1. The van der Waals surface area contributed by atoms with Crippen LogP contribution in [-0.4, -0.2) is 24.4 Å². The van der Waals surface area contributed by atoms with Crippen molar-refractivity contribution in [1.82, 2.24) is 0 Å². The van der Waals surface area contributed by atoms with Gasteiger partial charge in [-0.2, -0.15) is 0 Å². The zero-order valence-corrected chi connectivity index (χ0v) is 13.1. The van der Waals surface area contributed by atoms with Crippen LogP contribution in [0.25, 0.3) is 0 Å². The molecular formula is C17H25FO3. The highest BCUT2D eigenvalue weighted by Crippen LogP contribution is 2.44. The maximum Gasteiger partial charge on any atom is 0.165 e. The van der Waals surface area contributed by atoms with E-state index in [9.17, 15) is 9.50 Å². The molecule has 2 rings (SSSR count). The van der Waals surface area contributed by atoms with Crippen LogP contribution < -0.4 is 4.74 Å². The Kier molecular flexibility index (Phi) is 5.22. The van der Waals surface area contributed by atoms with E-state index in [1.165, 1.54) is 13.2 Å². The van der Waals surface area contributed by atoms with Crippen LogP contribution in [0.1, 0.15) is 51.2 Å². The fourth-order valence-corrected chi connectivity index (χ4v) is 3.45. The minimum Gasteiger partial charge on any atom is -0.494 e. The molecule has 4 heteroatoms. The fraction of sp³-hybridized carbons (Fsp3) is 0.647. The second-order valence-corrected chi connectivity index (χ2v) is 6.00. The highest BCUT2D eigenvalue weighted by atomic mass is 19.1. The van der Waals surface area contributed by atoms with E-state index in [4.69, 9.17) is 9.47 Å². The summed E-state index contributed by atoms with van der Waals surface area (Å²) >= 11 is 0. The summed E-state index contributed by atoms with van der Waals surface area (Å²) in [4.78, 5) is 0. The molecule has 1 N–H and O–H groups in total. The van der Waals surface area contributed by atoms with Gasteiger partial charge >= 0.3 is 0 Å². The molecule has 0 spiro atoms. The van der Waals surface area contributed by atoms with E-state index in [1.54, 1.807) is 12.1 Å². The standard InChI is InChI=1S/C17H25FO3/c1-4-21-17(9-5-6-12(2)11-17)16(19)13-7-8-15(20-3)14(18)10-13/h7-8,10,12,16,19H,4-6,9,11H2,1-3H3. The van der Waals surface area contributed by atoms with Crippen molar-refractivity contribution in [1.29, 1.82) is 0 Å². The van der Waals surface area contributed by atoms with Gasteiger partial charge in [-0.05, 0) is 43.4 Å². The van der Waals surface area contributed by atoms with Crippen LogP contribution in [0.3, 0.4) is 0 Å². The van der Waals surface area contributed by atoms with Crippen LogP contribution >= 0.6 is 0 Å². The van der Waals surface area contributed by atoms with E-state index in [2.05, 4.69) is 6.92 Å². The summed E-state index contributed by atoms with van der Waals surface area (Å²) in [5.41, 5.74) is -0.0520. The number of rotatable bonds is 5. The van der Waals surface area contributed by atoms with E-state index in [0.29, 0.717) is 18.1 Å². The Balaban J connectivity index is 2.29. The quantitative estimate of drug-likeness (QED) is 0.897. The molecule has 0 amide bonds. The van der Waals surface area contributed by atoms with Crippen LogP contribution in [0, 0.1) is 11.7 Å². The van der Waals surface area contributed by atoms with Gasteiger partial charge in [0.2, 0.25) is 0 Å². The molecule has 1 aliphatic rings. The average molecular weight is 296 g/mol. The van der Waals surface area contributed by atoms with Crippen molar-refractivity contribution < 1.29 is 19.0 Å². The van der Waals surface area contributed by atoms with E-state index in [1.807, 2.05) is 6.92 Å². The van der Waals surface area contributed by atoms with Gasteiger partial charge in [0.1, 0.15) is 6.10 Å². The Morgan fingerprint density at radius 1 is 1.48 bits per heavy atom. The number of benzene rings is 1. The maximum atomic E-state index is 13.9. The van der Waals surface area contributed by atoms with Gasteiger partial charge in [0, 0.05) is 6.61 Å². The van der Waals surface area contributed by atoms with Crippen molar-refractivity contribution in [2.75, 3.05) is 13.7 Å². The predicted molar refractivity (Wildman–Crippen MR) is 79.9 cm³/mol. The first-order chi connectivity index (χ1) is 10.0. The lowest BCUT2D eigenvalue weighted by molar-refractivity contribution is -0.150. The zero-order chi connectivity index (χ0) is 15.5. The number of halogens is 1. The molecule has 1 fully saturated rings. The van der Waals surface area contributed by atoms with Gasteiger partial charge in [-0.15, -0.1) is 0 Å². The molecule has 0 saturated heterocycles. The second-order valence-electron chi connectivity index (χ2n) is 6.00. The van der Waals surface area contributed by atoms with Crippen LogP contribution in [0.4, 0.5) is 4.39 Å². The van der Waals surface area contributed by atoms with E-state index in [-0.39, 0.29) is 5.75 Å². The molecule has 3 unspecified atom stereocenters. The Morgan fingerprint density at radius 3 is 2.81 bits per heavy atom. The lowest BCUT2D eigenvalue weighted by Crippen LogP contribution is -2.43. The van der Waals surface area contributed by atoms with Crippen LogP contribution in [0.15, 0.2) is 18.2 Å². The molecule has 1 aromatic rings. The van der Waals surface area contributed by atoms with Crippen molar-refractivity contribution in [3.8, 4) is 5.75 Å². The molecule has 0 radical (unpaired) electrons. The largest absolute Gasteiger partial charge is 0.494 e. The van der Waals surface area contributed by atoms with Gasteiger partial charge in [-0.3, -0.25) is 0 Å².